The first kappa shape index (κ1) is 58.4. The minimum Gasteiger partial charge on any atom is -0.493 e. The highest BCUT2D eigenvalue weighted by Crippen LogP contribution is 2.24. The molecule has 0 aliphatic rings. The Morgan fingerprint density at radius 2 is 0.750 bits per heavy atom. The molecule has 0 amide bonds. The number of hydrogen-bond donors (Lipinski definition) is 0. The van der Waals surface area contributed by atoms with Crippen molar-refractivity contribution in [2.75, 3.05) is 26.4 Å². The summed E-state index contributed by atoms with van der Waals surface area (Å²) < 4.78 is 34.7. The van der Waals surface area contributed by atoms with E-state index < -0.39 is 12.2 Å². The van der Waals surface area contributed by atoms with Crippen molar-refractivity contribution < 1.29 is 52.4 Å². The van der Waals surface area contributed by atoms with Crippen LogP contribution in [0.2, 0.25) is 0 Å². The van der Waals surface area contributed by atoms with Crippen LogP contribution in [0.4, 0.5) is 0 Å². The van der Waals surface area contributed by atoms with Gasteiger partial charge in [-0.1, -0.05) is 130 Å². The van der Waals surface area contributed by atoms with E-state index in [0.717, 1.165) is 148 Å². The minimum absolute atomic E-state index is 0.0822. The minimum atomic E-state index is -0.467. The van der Waals surface area contributed by atoms with Crippen molar-refractivity contribution in [1.82, 2.24) is 0 Å². The molecule has 64 heavy (non-hydrogen) atoms. The molecule has 0 aliphatic heterocycles. The van der Waals surface area contributed by atoms with Crippen molar-refractivity contribution in [2.24, 2.45) is 0 Å². The van der Waals surface area contributed by atoms with Gasteiger partial charge in [-0.3, -0.25) is 24.0 Å². The molecule has 1 rings (SSSR count). The molecule has 0 saturated heterocycles. The van der Waals surface area contributed by atoms with Crippen LogP contribution in [-0.4, -0.2) is 68.8 Å². The van der Waals surface area contributed by atoms with Crippen LogP contribution in [0.1, 0.15) is 244 Å². The van der Waals surface area contributed by atoms with E-state index in [4.69, 9.17) is 28.4 Å². The van der Waals surface area contributed by atoms with Crippen LogP contribution in [0.15, 0.2) is 18.2 Å². The number of carbonyl (C=O) groups excluding carboxylic acids is 5. The van der Waals surface area contributed by atoms with Gasteiger partial charge in [-0.05, 0) is 89.2 Å². The van der Waals surface area contributed by atoms with Crippen LogP contribution in [-0.2, 0) is 38.1 Å². The standard InChI is InChI=1S/C53H90O11/c1-5-9-13-17-25-33-50(55)61-43-46(63-52(57)35-27-19-15-11-7-3)31-23-21-29-37-59-48-39-45(42-54)40-49(41-48)60-38-30-22-24-32-47(64-53(58)36-28-20-16-12-8-4)44-62-51(56)34-26-18-14-10-6-2/h39-42,46-47H,5-38,43-44H2,1-4H3. The number of unbranched alkanes of at least 4 members (excludes halogenated alkanes) is 20. The van der Waals surface area contributed by atoms with Gasteiger partial charge in [0.1, 0.15) is 43.2 Å². The van der Waals surface area contributed by atoms with Gasteiger partial charge >= 0.3 is 23.9 Å². The molecule has 0 bridgehead atoms. The lowest BCUT2D eigenvalue weighted by molar-refractivity contribution is -0.159. The van der Waals surface area contributed by atoms with Gasteiger partial charge in [0.2, 0.25) is 0 Å². The zero-order valence-corrected chi connectivity index (χ0v) is 40.9. The maximum atomic E-state index is 12.6. The van der Waals surface area contributed by atoms with Crippen molar-refractivity contribution in [3.8, 4) is 11.5 Å². The lowest BCUT2D eigenvalue weighted by Gasteiger charge is -2.18. The number of rotatable bonds is 45. The van der Waals surface area contributed by atoms with Crippen molar-refractivity contribution >= 4 is 30.2 Å². The summed E-state index contributed by atoms with van der Waals surface area (Å²) in [5.41, 5.74) is 0.462. The Balaban J connectivity index is 2.56. The second kappa shape index (κ2) is 42.0. The van der Waals surface area contributed by atoms with Gasteiger partial charge in [-0.2, -0.15) is 0 Å². The summed E-state index contributed by atoms with van der Waals surface area (Å²) in [6, 6.07) is 5.18. The van der Waals surface area contributed by atoms with Gasteiger partial charge in [-0.15, -0.1) is 0 Å². The Morgan fingerprint density at radius 3 is 1.09 bits per heavy atom. The van der Waals surface area contributed by atoms with E-state index in [1.165, 1.54) is 25.7 Å². The van der Waals surface area contributed by atoms with Crippen LogP contribution in [0, 0.1) is 0 Å². The van der Waals surface area contributed by atoms with Crippen LogP contribution in [0.3, 0.4) is 0 Å². The average molecular weight is 903 g/mol. The molecule has 2 atom stereocenters. The molecule has 11 heteroatoms. The molecule has 0 N–H and O–H groups in total. The Morgan fingerprint density at radius 1 is 0.422 bits per heavy atom. The monoisotopic (exact) mass is 903 g/mol. The topological polar surface area (TPSA) is 141 Å². The first-order valence-corrected chi connectivity index (χ1v) is 25.8. The zero-order chi connectivity index (χ0) is 46.7. The van der Waals surface area contributed by atoms with Crippen LogP contribution in [0.5, 0.6) is 11.5 Å². The Labute approximate surface area is 388 Å². The summed E-state index contributed by atoms with van der Waals surface area (Å²) >= 11 is 0. The third kappa shape index (κ3) is 34.7. The average Bonchev–Trinajstić information content (AvgIpc) is 3.29. The van der Waals surface area contributed by atoms with Gasteiger partial charge in [0, 0.05) is 37.3 Å². The molecule has 2 unspecified atom stereocenters. The lowest BCUT2D eigenvalue weighted by atomic mass is 10.1. The Bertz CT molecular complexity index is 1240. The second-order valence-electron chi connectivity index (χ2n) is 17.5. The van der Waals surface area contributed by atoms with E-state index in [2.05, 4.69) is 27.7 Å². The quantitative estimate of drug-likeness (QED) is 0.0267. The molecule has 0 heterocycles. The predicted molar refractivity (Wildman–Crippen MR) is 255 cm³/mol. The van der Waals surface area contributed by atoms with Gasteiger partial charge in [0.05, 0.1) is 13.2 Å². The van der Waals surface area contributed by atoms with E-state index in [0.29, 0.717) is 68.8 Å². The van der Waals surface area contributed by atoms with Gasteiger partial charge in [0.25, 0.3) is 0 Å². The molecular weight excluding hydrogens is 813 g/mol. The number of aldehydes is 1. The molecule has 0 aromatic heterocycles. The fourth-order valence-electron chi connectivity index (χ4n) is 7.36. The van der Waals surface area contributed by atoms with Crippen LogP contribution in [0.25, 0.3) is 0 Å². The van der Waals surface area contributed by atoms with Crippen molar-refractivity contribution in [3.63, 3.8) is 0 Å². The number of hydrogen-bond acceptors (Lipinski definition) is 11. The highest BCUT2D eigenvalue weighted by atomic mass is 16.6. The highest BCUT2D eigenvalue weighted by Gasteiger charge is 2.19. The molecule has 0 spiro atoms. The smallest absolute Gasteiger partial charge is 0.306 e. The maximum absolute atomic E-state index is 12.6. The summed E-state index contributed by atoms with van der Waals surface area (Å²) in [6.07, 6.45) is 28.3. The summed E-state index contributed by atoms with van der Waals surface area (Å²) in [6.45, 7) is 9.70. The summed E-state index contributed by atoms with van der Waals surface area (Å²) in [4.78, 5) is 61.8. The summed E-state index contributed by atoms with van der Waals surface area (Å²) in [5, 5.41) is 0. The van der Waals surface area contributed by atoms with Crippen molar-refractivity contribution in [2.45, 2.75) is 245 Å². The fraction of sp³-hybridized carbons (Fsp3) is 0.792. The Kier molecular flexibility index (Phi) is 38.3. The maximum Gasteiger partial charge on any atom is 0.306 e. The molecule has 0 radical (unpaired) electrons. The molecule has 11 nitrogen and oxygen atoms in total. The lowest BCUT2D eigenvalue weighted by Crippen LogP contribution is -2.25. The van der Waals surface area contributed by atoms with E-state index in [-0.39, 0.29) is 37.1 Å². The Hall–Kier alpha value is -3.63. The normalized spacial score (nSPS) is 12.0. The number of esters is 4. The molecule has 0 fully saturated rings. The van der Waals surface area contributed by atoms with Gasteiger partial charge < -0.3 is 28.4 Å². The second-order valence-corrected chi connectivity index (χ2v) is 17.5. The molecule has 1 aromatic rings. The molecule has 0 aliphatic carbocycles. The van der Waals surface area contributed by atoms with E-state index in [1.54, 1.807) is 18.2 Å². The van der Waals surface area contributed by atoms with Gasteiger partial charge in [-0.25, -0.2) is 0 Å². The molecule has 0 saturated carbocycles. The van der Waals surface area contributed by atoms with Crippen molar-refractivity contribution in [1.29, 1.82) is 0 Å². The number of ether oxygens (including phenoxy) is 6. The van der Waals surface area contributed by atoms with E-state index in [1.807, 2.05) is 0 Å². The van der Waals surface area contributed by atoms with E-state index >= 15 is 0 Å². The molecule has 368 valence electrons. The highest BCUT2D eigenvalue weighted by molar-refractivity contribution is 5.76. The third-order valence-electron chi connectivity index (χ3n) is 11.3. The third-order valence-corrected chi connectivity index (χ3v) is 11.3. The fourth-order valence-corrected chi connectivity index (χ4v) is 7.36. The predicted octanol–water partition coefficient (Wildman–Crippen LogP) is 13.7. The van der Waals surface area contributed by atoms with Crippen molar-refractivity contribution in [3.05, 3.63) is 23.8 Å². The SMILES string of the molecule is CCCCCCCC(=O)OCC(CCCCCOc1cc(C=O)cc(OCCCCCC(COC(=O)CCCCCCC)OC(=O)CCCCCCC)c1)OC(=O)CCCCCCC. The summed E-state index contributed by atoms with van der Waals surface area (Å²) in [7, 11) is 0. The van der Waals surface area contributed by atoms with Crippen LogP contribution >= 0.6 is 0 Å². The summed E-state index contributed by atoms with van der Waals surface area (Å²) in [5.74, 6) is 0.161. The van der Waals surface area contributed by atoms with E-state index in [9.17, 15) is 24.0 Å². The number of carbonyl (C=O) groups is 5. The largest absolute Gasteiger partial charge is 0.493 e. The zero-order valence-electron chi connectivity index (χ0n) is 40.9. The van der Waals surface area contributed by atoms with Gasteiger partial charge in [0.15, 0.2) is 0 Å². The molecule has 1 aromatic carbocycles. The number of benzene rings is 1. The first-order valence-electron chi connectivity index (χ1n) is 25.8. The molecular formula is C53H90O11. The van der Waals surface area contributed by atoms with Crippen LogP contribution < -0.4 is 9.47 Å². The first-order chi connectivity index (χ1) is 31.2.